The standard InChI is InChI=1S/C22H27N5O3.CH2O2/c28-21(15-4-3-7-23-11-15)24-12-20-17-10-16(19-5-1-2-8-27(19)20)13-26(14-17)22(29)18-6-9-30-25-18;2-1-3/h3-4,6-7,9,11,16-17,19-20H,1-2,5,8,10,12-14H2,(H,24,28);1H,(H,2,3)/t16-,17+,19+,20+;/m1./s1. The van der Waals surface area contributed by atoms with E-state index >= 15 is 0 Å². The fourth-order valence-electron chi connectivity index (χ4n) is 5.64. The fraction of sp³-hybridized carbons (Fsp3) is 0.522. The van der Waals surface area contributed by atoms with Gasteiger partial charge in [-0.25, -0.2) is 0 Å². The largest absolute Gasteiger partial charge is 0.483 e. The molecule has 10 heteroatoms. The Morgan fingerprint density at radius 2 is 2.06 bits per heavy atom. The number of carbonyl (C=O) groups excluding carboxylic acids is 2. The van der Waals surface area contributed by atoms with Crippen LogP contribution in [0.1, 0.15) is 46.5 Å². The average Bonchev–Trinajstić information content (AvgIpc) is 3.39. The Kier molecular flexibility index (Phi) is 7.33. The number of rotatable bonds is 4. The zero-order valence-electron chi connectivity index (χ0n) is 18.4. The lowest BCUT2D eigenvalue weighted by molar-refractivity contribution is -0.122. The Labute approximate surface area is 191 Å². The van der Waals surface area contributed by atoms with E-state index in [4.69, 9.17) is 14.4 Å². The number of likely N-dealkylation sites (tertiary alicyclic amines) is 1. The Morgan fingerprint density at radius 1 is 1.24 bits per heavy atom. The number of carboxylic acid groups (broad SMARTS) is 1. The molecule has 5 heterocycles. The average molecular weight is 456 g/mol. The highest BCUT2D eigenvalue weighted by Gasteiger charge is 2.48. The van der Waals surface area contributed by atoms with Gasteiger partial charge in [0, 0.05) is 50.2 Å². The van der Waals surface area contributed by atoms with Crippen molar-refractivity contribution in [3.63, 3.8) is 0 Å². The molecule has 0 unspecified atom stereocenters. The summed E-state index contributed by atoms with van der Waals surface area (Å²) in [5.41, 5.74) is 0.949. The van der Waals surface area contributed by atoms with E-state index in [0.29, 0.717) is 42.2 Å². The number of hydrogen-bond acceptors (Lipinski definition) is 7. The molecule has 3 saturated heterocycles. The second kappa shape index (κ2) is 10.6. The highest BCUT2D eigenvalue weighted by atomic mass is 16.5. The molecule has 2 amide bonds. The van der Waals surface area contributed by atoms with E-state index in [1.165, 1.54) is 19.1 Å². The van der Waals surface area contributed by atoms with E-state index < -0.39 is 0 Å². The summed E-state index contributed by atoms with van der Waals surface area (Å²) >= 11 is 0. The van der Waals surface area contributed by atoms with Gasteiger partial charge in [-0.2, -0.15) is 0 Å². The molecule has 176 valence electrons. The number of nitrogens with one attached hydrogen (secondary N) is 1. The monoisotopic (exact) mass is 455 g/mol. The molecule has 0 spiro atoms. The molecular weight excluding hydrogens is 426 g/mol. The summed E-state index contributed by atoms with van der Waals surface area (Å²) in [6, 6.07) is 5.89. The Bertz CT molecular complexity index is 938. The van der Waals surface area contributed by atoms with Crippen molar-refractivity contribution < 1.29 is 24.0 Å². The number of nitrogens with zero attached hydrogens (tertiary/aromatic N) is 4. The minimum absolute atomic E-state index is 0.0548. The molecule has 5 rings (SSSR count). The Balaban J connectivity index is 0.000000821. The molecule has 10 nitrogen and oxygen atoms in total. The number of aromatic nitrogens is 2. The molecule has 4 atom stereocenters. The van der Waals surface area contributed by atoms with Crippen LogP contribution in [0.25, 0.3) is 0 Å². The second-order valence-corrected chi connectivity index (χ2v) is 8.78. The quantitative estimate of drug-likeness (QED) is 0.664. The van der Waals surface area contributed by atoms with Gasteiger partial charge in [0.05, 0.1) is 5.56 Å². The van der Waals surface area contributed by atoms with Crippen LogP contribution in [0.2, 0.25) is 0 Å². The van der Waals surface area contributed by atoms with Gasteiger partial charge in [0.15, 0.2) is 5.69 Å². The van der Waals surface area contributed by atoms with Crippen LogP contribution < -0.4 is 5.32 Å². The lowest BCUT2D eigenvalue weighted by atomic mass is 9.72. The summed E-state index contributed by atoms with van der Waals surface area (Å²) < 4.78 is 4.88. The fourth-order valence-corrected chi connectivity index (χ4v) is 5.64. The zero-order valence-corrected chi connectivity index (χ0v) is 18.4. The van der Waals surface area contributed by atoms with Crippen LogP contribution in [0.15, 0.2) is 41.4 Å². The van der Waals surface area contributed by atoms with E-state index in [2.05, 4.69) is 20.4 Å². The van der Waals surface area contributed by atoms with Crippen molar-refractivity contribution in [1.82, 2.24) is 25.3 Å². The first-order valence-electron chi connectivity index (χ1n) is 11.3. The minimum atomic E-state index is -0.250. The van der Waals surface area contributed by atoms with Gasteiger partial charge in [-0.05, 0) is 49.8 Å². The van der Waals surface area contributed by atoms with Crippen LogP contribution in [-0.4, -0.2) is 81.6 Å². The van der Waals surface area contributed by atoms with Crippen molar-refractivity contribution in [3.8, 4) is 0 Å². The molecule has 0 radical (unpaired) electrons. The molecule has 3 aliphatic rings. The molecule has 2 bridgehead atoms. The molecular formula is C23H29N5O5. The molecule has 2 N–H and O–H groups in total. The van der Waals surface area contributed by atoms with E-state index in [1.807, 2.05) is 4.90 Å². The van der Waals surface area contributed by atoms with Gasteiger partial charge in [0.1, 0.15) is 6.26 Å². The maximum absolute atomic E-state index is 12.9. The summed E-state index contributed by atoms with van der Waals surface area (Å²) in [4.78, 5) is 42.5. The third kappa shape index (κ3) is 5.05. The van der Waals surface area contributed by atoms with E-state index in [9.17, 15) is 9.59 Å². The Hall–Kier alpha value is -3.27. The van der Waals surface area contributed by atoms with Crippen LogP contribution in [-0.2, 0) is 4.79 Å². The predicted molar refractivity (Wildman–Crippen MR) is 117 cm³/mol. The smallest absolute Gasteiger partial charge is 0.290 e. The van der Waals surface area contributed by atoms with Gasteiger partial charge in [-0.15, -0.1) is 0 Å². The van der Waals surface area contributed by atoms with E-state index in [1.54, 1.807) is 30.6 Å². The summed E-state index contributed by atoms with van der Waals surface area (Å²) in [5.74, 6) is 0.666. The first kappa shape index (κ1) is 22.9. The second-order valence-electron chi connectivity index (χ2n) is 8.78. The molecule has 0 aliphatic carbocycles. The minimum Gasteiger partial charge on any atom is -0.483 e. The normalized spacial score (nSPS) is 26.4. The highest BCUT2D eigenvalue weighted by molar-refractivity contribution is 5.94. The number of fused-ring (bicyclic) bond motifs is 4. The summed E-state index contributed by atoms with van der Waals surface area (Å²) in [6.45, 7) is 2.88. The number of carbonyl (C=O) groups is 3. The van der Waals surface area contributed by atoms with Crippen molar-refractivity contribution in [3.05, 3.63) is 48.1 Å². The van der Waals surface area contributed by atoms with Crippen LogP contribution in [0, 0.1) is 11.8 Å². The number of hydrogen-bond donors (Lipinski definition) is 2. The molecule has 3 aliphatic heterocycles. The van der Waals surface area contributed by atoms with Crippen molar-refractivity contribution >= 4 is 18.3 Å². The molecule has 2 aromatic heterocycles. The van der Waals surface area contributed by atoms with Gasteiger partial charge in [0.2, 0.25) is 0 Å². The number of pyridine rings is 1. The van der Waals surface area contributed by atoms with Crippen LogP contribution >= 0.6 is 0 Å². The lowest BCUT2D eigenvalue weighted by Crippen LogP contribution is -2.66. The van der Waals surface area contributed by atoms with E-state index in [0.717, 1.165) is 25.9 Å². The van der Waals surface area contributed by atoms with Crippen molar-refractivity contribution in [2.75, 3.05) is 26.2 Å². The van der Waals surface area contributed by atoms with Gasteiger partial charge in [-0.1, -0.05) is 11.6 Å². The van der Waals surface area contributed by atoms with E-state index in [-0.39, 0.29) is 24.3 Å². The van der Waals surface area contributed by atoms with Gasteiger partial charge in [0.25, 0.3) is 18.3 Å². The van der Waals surface area contributed by atoms with Crippen LogP contribution in [0.5, 0.6) is 0 Å². The van der Waals surface area contributed by atoms with Crippen molar-refractivity contribution in [2.24, 2.45) is 11.8 Å². The maximum atomic E-state index is 12.9. The number of amides is 2. The van der Waals surface area contributed by atoms with Gasteiger partial charge in [-0.3, -0.25) is 24.3 Å². The van der Waals surface area contributed by atoms with Crippen molar-refractivity contribution in [1.29, 1.82) is 0 Å². The Morgan fingerprint density at radius 3 is 2.79 bits per heavy atom. The maximum Gasteiger partial charge on any atom is 0.290 e. The third-order valence-corrected chi connectivity index (χ3v) is 6.96. The SMILES string of the molecule is O=C(NC[C@H]1[C@H]2C[C@H](CN(C(=O)c3ccon3)C2)[C@@H]2CCCCN21)c1cccnc1.O=CO. The summed E-state index contributed by atoms with van der Waals surface area (Å²) in [6.07, 6.45) is 9.40. The number of piperidine rings is 3. The zero-order chi connectivity index (χ0) is 23.2. The molecule has 33 heavy (non-hydrogen) atoms. The predicted octanol–water partition coefficient (Wildman–Crippen LogP) is 1.52. The third-order valence-electron chi connectivity index (χ3n) is 6.96. The summed E-state index contributed by atoms with van der Waals surface area (Å²) in [7, 11) is 0. The van der Waals surface area contributed by atoms with Crippen molar-refractivity contribution in [2.45, 2.75) is 37.8 Å². The first-order chi connectivity index (χ1) is 16.1. The molecule has 0 aromatic carbocycles. The van der Waals surface area contributed by atoms with Gasteiger partial charge >= 0.3 is 0 Å². The summed E-state index contributed by atoms with van der Waals surface area (Å²) in [5, 5.41) is 13.9. The molecule has 0 saturated carbocycles. The van der Waals surface area contributed by atoms with Gasteiger partial charge < -0.3 is 19.8 Å². The molecule has 3 fully saturated rings. The molecule has 2 aromatic rings. The topological polar surface area (TPSA) is 129 Å². The lowest BCUT2D eigenvalue weighted by Gasteiger charge is -2.56. The first-order valence-corrected chi connectivity index (χ1v) is 11.3. The van der Waals surface area contributed by atoms with Crippen LogP contribution in [0.4, 0.5) is 0 Å². The highest BCUT2D eigenvalue weighted by Crippen LogP contribution is 2.41. The van der Waals surface area contributed by atoms with Crippen LogP contribution in [0.3, 0.4) is 0 Å².